The number of nitrogens with zero attached hydrogens (tertiary/aromatic N) is 1. The molecule has 1 saturated carbocycles. The van der Waals surface area contributed by atoms with Gasteiger partial charge in [0.25, 0.3) is 5.91 Å². The Morgan fingerprint density at radius 1 is 0.977 bits per heavy atom. The Labute approximate surface area is 255 Å². The van der Waals surface area contributed by atoms with Crippen LogP contribution in [-0.2, 0) is 9.47 Å². The van der Waals surface area contributed by atoms with Crippen molar-refractivity contribution in [2.24, 2.45) is 22.9 Å². The highest BCUT2D eigenvalue weighted by molar-refractivity contribution is 6.09. The molecule has 14 N–H and O–H groups in total. The number of fused-ring (bicyclic) bond motifs is 3. The van der Waals surface area contributed by atoms with E-state index in [4.69, 9.17) is 32.4 Å². The molecule has 0 unspecified atom stereocenters. The fourth-order valence-corrected chi connectivity index (χ4v) is 6.20. The van der Waals surface area contributed by atoms with E-state index in [1.54, 1.807) is 6.20 Å². The summed E-state index contributed by atoms with van der Waals surface area (Å²) in [6.07, 6.45) is -0.632. The van der Waals surface area contributed by atoms with Crippen LogP contribution in [0.3, 0.4) is 0 Å². The monoisotopic (exact) mass is 614 g/mol. The number of aromatic amines is 1. The van der Waals surface area contributed by atoms with E-state index >= 15 is 0 Å². The third-order valence-electron chi connectivity index (χ3n) is 8.79. The summed E-state index contributed by atoms with van der Waals surface area (Å²) in [6.45, 7) is 1.08. The molecule has 242 valence electrons. The van der Waals surface area contributed by atoms with Gasteiger partial charge >= 0.3 is 0 Å². The molecule has 10 atom stereocenters. The van der Waals surface area contributed by atoms with Crippen LogP contribution < -0.4 is 33.6 Å². The first-order valence-corrected chi connectivity index (χ1v) is 15.4. The number of rotatable bonds is 12. The van der Waals surface area contributed by atoms with Gasteiger partial charge in [0.2, 0.25) is 0 Å². The molecule has 3 aromatic rings. The standard InChI is InChI=1S/C30H46N8O6/c31-13-22-26(40)27(41)23(34)30(43-22)44-28-18(33)12-17(32)25(39)24(28)35-9-5-1-2-6-10-36-29(42)20-11-16-15-7-3-4-8-19(15)38-21(16)14-37-20/h3-4,7-8,11,14,17-18,22-28,30,35,38-41H,1-2,5-6,9-10,12-13,31-34H2,(H,36,42)/t17-,18+,22-,23-,24+,25+,26-,27-,28-,30-/m1/s1. The van der Waals surface area contributed by atoms with Crippen molar-refractivity contribution in [2.75, 3.05) is 19.6 Å². The largest absolute Gasteiger partial charge is 0.390 e. The van der Waals surface area contributed by atoms with Crippen LogP contribution >= 0.6 is 0 Å². The van der Waals surface area contributed by atoms with Crippen molar-refractivity contribution >= 4 is 27.7 Å². The van der Waals surface area contributed by atoms with Crippen molar-refractivity contribution in [3.8, 4) is 0 Å². The Balaban J connectivity index is 1.05. The number of aliphatic hydroxyl groups is 3. The lowest BCUT2D eigenvalue weighted by Gasteiger charge is -2.47. The zero-order valence-corrected chi connectivity index (χ0v) is 24.7. The number of ether oxygens (including phenoxy) is 2. The second-order valence-electron chi connectivity index (χ2n) is 11.9. The lowest BCUT2D eigenvalue weighted by Crippen LogP contribution is -2.69. The van der Waals surface area contributed by atoms with Crippen molar-refractivity contribution < 1.29 is 29.6 Å². The van der Waals surface area contributed by atoms with Gasteiger partial charge in [-0.1, -0.05) is 31.0 Å². The molecule has 0 bridgehead atoms. The third kappa shape index (κ3) is 7.05. The van der Waals surface area contributed by atoms with Gasteiger partial charge in [0.1, 0.15) is 24.0 Å². The highest BCUT2D eigenvalue weighted by Gasteiger charge is 2.48. The van der Waals surface area contributed by atoms with E-state index in [1.807, 2.05) is 30.3 Å². The lowest BCUT2D eigenvalue weighted by atomic mass is 9.82. The molecule has 14 nitrogen and oxygen atoms in total. The van der Waals surface area contributed by atoms with Crippen molar-refractivity contribution in [3.63, 3.8) is 0 Å². The van der Waals surface area contributed by atoms with Gasteiger partial charge in [-0.25, -0.2) is 4.98 Å². The molecule has 0 spiro atoms. The molecule has 5 rings (SSSR count). The average molecular weight is 615 g/mol. The Bertz CT molecular complexity index is 1390. The second kappa shape index (κ2) is 14.6. The summed E-state index contributed by atoms with van der Waals surface area (Å²) in [6, 6.07) is 7.09. The number of unbranched alkanes of at least 4 members (excludes halogenated alkanes) is 3. The number of amides is 1. The SMILES string of the molecule is NC[C@H]1O[C@H](O[C@H]2[C@@H](NCCCCCCNC(=O)c3cc4c(cn3)[nH]c3ccccc34)[C@@H](O)[C@H](N)C[C@@H]2N)[C@H](N)[C@@H](O)[C@@H]1O. The van der Waals surface area contributed by atoms with E-state index in [2.05, 4.69) is 20.6 Å². The van der Waals surface area contributed by atoms with Crippen molar-refractivity contribution in [2.45, 2.75) is 93.1 Å². The minimum Gasteiger partial charge on any atom is -0.390 e. The molecule has 1 aliphatic carbocycles. The summed E-state index contributed by atoms with van der Waals surface area (Å²) < 4.78 is 11.9. The lowest BCUT2D eigenvalue weighted by molar-refractivity contribution is -0.279. The van der Waals surface area contributed by atoms with E-state index in [-0.39, 0.29) is 12.5 Å². The molecule has 14 heteroatoms. The number of benzene rings is 1. The molecule has 1 aromatic carbocycles. The molecule has 1 amide bonds. The van der Waals surface area contributed by atoms with Crippen LogP contribution in [0.2, 0.25) is 0 Å². The second-order valence-corrected chi connectivity index (χ2v) is 11.9. The van der Waals surface area contributed by atoms with Gasteiger partial charge in [-0.2, -0.15) is 0 Å². The van der Waals surface area contributed by atoms with Gasteiger partial charge in [0, 0.05) is 41.5 Å². The number of carbonyl (C=O) groups excluding carboxylic acids is 1. The van der Waals surface area contributed by atoms with Crippen LogP contribution in [0.25, 0.3) is 21.8 Å². The zero-order chi connectivity index (χ0) is 31.4. The van der Waals surface area contributed by atoms with E-state index in [1.165, 1.54) is 0 Å². The number of hydrogen-bond donors (Lipinski definition) is 10. The highest BCUT2D eigenvalue weighted by Crippen LogP contribution is 2.28. The molecule has 2 aliphatic rings. The van der Waals surface area contributed by atoms with E-state index in [0.717, 1.165) is 47.5 Å². The molecule has 3 heterocycles. The number of nitrogens with two attached hydrogens (primary N) is 4. The molecule has 44 heavy (non-hydrogen) atoms. The summed E-state index contributed by atoms with van der Waals surface area (Å²) in [5.74, 6) is -0.203. The average Bonchev–Trinajstić information content (AvgIpc) is 3.40. The first-order chi connectivity index (χ1) is 21.2. The van der Waals surface area contributed by atoms with E-state index in [0.29, 0.717) is 25.2 Å². The van der Waals surface area contributed by atoms with Crippen molar-refractivity contribution in [1.29, 1.82) is 0 Å². The quantitative estimate of drug-likeness (QED) is 0.105. The van der Waals surface area contributed by atoms with Crippen LogP contribution in [0.5, 0.6) is 0 Å². The number of pyridine rings is 1. The van der Waals surface area contributed by atoms with Gasteiger partial charge in [-0.05, 0) is 37.9 Å². The van der Waals surface area contributed by atoms with Gasteiger partial charge in [-0.15, -0.1) is 0 Å². The molecule has 1 saturated heterocycles. The first-order valence-electron chi connectivity index (χ1n) is 15.4. The van der Waals surface area contributed by atoms with Gasteiger partial charge in [-0.3, -0.25) is 4.79 Å². The van der Waals surface area contributed by atoms with Crippen LogP contribution in [-0.4, -0.2) is 112 Å². The summed E-state index contributed by atoms with van der Waals surface area (Å²) in [7, 11) is 0. The fourth-order valence-electron chi connectivity index (χ4n) is 6.20. The molecular formula is C30H46N8O6. The summed E-state index contributed by atoms with van der Waals surface area (Å²) in [4.78, 5) is 20.3. The van der Waals surface area contributed by atoms with Crippen LogP contribution in [0.15, 0.2) is 36.5 Å². The third-order valence-corrected chi connectivity index (χ3v) is 8.79. The first kappa shape index (κ1) is 32.6. The van der Waals surface area contributed by atoms with Crippen molar-refractivity contribution in [1.82, 2.24) is 20.6 Å². The van der Waals surface area contributed by atoms with Crippen LogP contribution in [0, 0.1) is 0 Å². The Kier molecular flexibility index (Phi) is 10.8. The smallest absolute Gasteiger partial charge is 0.269 e. The molecule has 2 aromatic heterocycles. The van der Waals surface area contributed by atoms with Gasteiger partial charge in [0.15, 0.2) is 6.29 Å². The van der Waals surface area contributed by atoms with E-state index < -0.39 is 61.0 Å². The normalized spacial score (nSPS) is 32.7. The number of aliphatic hydroxyl groups excluding tert-OH is 3. The summed E-state index contributed by atoms with van der Waals surface area (Å²) in [5, 5.41) is 39.7. The number of H-pyrrole nitrogens is 1. The minimum atomic E-state index is -1.29. The summed E-state index contributed by atoms with van der Waals surface area (Å²) in [5.41, 5.74) is 26.6. The predicted molar refractivity (Wildman–Crippen MR) is 165 cm³/mol. The number of aromatic nitrogens is 2. The number of carbonyl (C=O) groups is 1. The molecular weight excluding hydrogens is 568 g/mol. The minimum absolute atomic E-state index is 0.0297. The maximum atomic E-state index is 12.7. The molecule has 0 radical (unpaired) electrons. The summed E-state index contributed by atoms with van der Waals surface area (Å²) >= 11 is 0. The Morgan fingerprint density at radius 2 is 1.73 bits per heavy atom. The number of nitrogens with one attached hydrogen (secondary N) is 3. The maximum absolute atomic E-state index is 12.7. The van der Waals surface area contributed by atoms with E-state index in [9.17, 15) is 20.1 Å². The molecule has 1 aliphatic heterocycles. The topological polar surface area (TPSA) is 253 Å². The van der Waals surface area contributed by atoms with Gasteiger partial charge in [0.05, 0.1) is 36.0 Å². The maximum Gasteiger partial charge on any atom is 0.269 e. The Hall–Kier alpha value is -2.76. The number of para-hydroxylation sites is 1. The highest BCUT2D eigenvalue weighted by atomic mass is 16.7. The molecule has 2 fully saturated rings. The predicted octanol–water partition coefficient (Wildman–Crippen LogP) is -1.50. The fraction of sp³-hybridized carbons (Fsp3) is 0.600. The van der Waals surface area contributed by atoms with Crippen molar-refractivity contribution in [3.05, 3.63) is 42.2 Å². The number of hydrogen-bond acceptors (Lipinski definition) is 12. The van der Waals surface area contributed by atoms with Crippen LogP contribution in [0.1, 0.15) is 42.6 Å². The zero-order valence-electron chi connectivity index (χ0n) is 24.7. The Morgan fingerprint density at radius 3 is 2.50 bits per heavy atom. The van der Waals surface area contributed by atoms with Crippen LogP contribution in [0.4, 0.5) is 0 Å². The van der Waals surface area contributed by atoms with Gasteiger partial charge < -0.3 is 63.3 Å².